The fraction of sp³-hybridized carbons (Fsp3) is 0.467. The quantitative estimate of drug-likeness (QED) is 0.754. The van der Waals surface area contributed by atoms with Gasteiger partial charge < -0.3 is 16.0 Å². The highest BCUT2D eigenvalue weighted by Gasteiger charge is 2.26. The number of benzene rings is 1. The van der Waals surface area contributed by atoms with E-state index in [0.29, 0.717) is 22.8 Å². The van der Waals surface area contributed by atoms with Crippen molar-refractivity contribution in [2.45, 2.75) is 38.8 Å². The van der Waals surface area contributed by atoms with Gasteiger partial charge in [-0.1, -0.05) is 11.6 Å². The summed E-state index contributed by atoms with van der Waals surface area (Å²) in [7, 11) is 0. The maximum atomic E-state index is 12.3. The number of hydrogen-bond acceptors (Lipinski definition) is 3. The highest BCUT2D eigenvalue weighted by Crippen LogP contribution is 2.21. The summed E-state index contributed by atoms with van der Waals surface area (Å²) in [5.41, 5.74) is 1.14. The van der Waals surface area contributed by atoms with E-state index in [9.17, 15) is 9.59 Å². The Labute approximate surface area is 129 Å². The van der Waals surface area contributed by atoms with Crippen LogP contribution < -0.4 is 16.0 Å². The molecule has 21 heavy (non-hydrogen) atoms. The molecule has 0 spiro atoms. The molecule has 114 valence electrons. The lowest BCUT2D eigenvalue weighted by atomic mass is 10.1. The fourth-order valence-corrected chi connectivity index (χ4v) is 2.11. The van der Waals surface area contributed by atoms with Crippen molar-refractivity contribution in [3.8, 4) is 0 Å². The van der Waals surface area contributed by atoms with E-state index in [1.165, 1.54) is 0 Å². The Hall–Kier alpha value is -1.75. The summed E-state index contributed by atoms with van der Waals surface area (Å²) >= 11 is 5.95. The molecule has 3 N–H and O–H groups in total. The summed E-state index contributed by atoms with van der Waals surface area (Å²) in [6.07, 6.45) is 2.04. The Morgan fingerprint density at radius 1 is 1.38 bits per heavy atom. The van der Waals surface area contributed by atoms with Gasteiger partial charge in [-0.2, -0.15) is 0 Å². The zero-order chi connectivity index (χ0) is 15.4. The Morgan fingerprint density at radius 2 is 2.10 bits per heavy atom. The molecule has 0 heterocycles. The Kier molecular flexibility index (Phi) is 5.07. The van der Waals surface area contributed by atoms with Gasteiger partial charge in [0.2, 0.25) is 5.91 Å². The van der Waals surface area contributed by atoms with Crippen LogP contribution in [0.15, 0.2) is 18.2 Å². The summed E-state index contributed by atoms with van der Waals surface area (Å²) in [6, 6.07) is 4.78. The second-order valence-electron chi connectivity index (χ2n) is 5.20. The summed E-state index contributed by atoms with van der Waals surface area (Å²) < 4.78 is 0. The predicted octanol–water partition coefficient (Wildman–Crippen LogP) is 2.17. The molecule has 1 aliphatic carbocycles. The van der Waals surface area contributed by atoms with E-state index >= 15 is 0 Å². The molecule has 1 atom stereocenters. The van der Waals surface area contributed by atoms with Gasteiger partial charge in [0, 0.05) is 23.3 Å². The van der Waals surface area contributed by atoms with Crippen molar-refractivity contribution in [2.24, 2.45) is 0 Å². The SMILES string of the molecule is CCNc1ccc(Cl)cc1C(=O)NC(C)C(=O)NC1CC1. The number of amides is 2. The van der Waals surface area contributed by atoms with Crippen LogP contribution in [0.4, 0.5) is 5.69 Å². The number of hydrogen-bond donors (Lipinski definition) is 3. The fourth-order valence-electron chi connectivity index (χ4n) is 1.94. The third kappa shape index (κ3) is 4.36. The minimum atomic E-state index is -0.577. The molecule has 0 bridgehead atoms. The van der Waals surface area contributed by atoms with Crippen LogP contribution in [0.5, 0.6) is 0 Å². The van der Waals surface area contributed by atoms with Crippen molar-refractivity contribution in [3.63, 3.8) is 0 Å². The standard InChI is InChI=1S/C15H20ClN3O2/c1-3-17-13-7-4-10(16)8-12(13)15(21)18-9(2)14(20)19-11-5-6-11/h4,7-9,11,17H,3,5-6H2,1-2H3,(H,18,21)(H,19,20). The first-order valence-corrected chi connectivity index (χ1v) is 7.53. The third-order valence-corrected chi connectivity index (χ3v) is 3.49. The first-order valence-electron chi connectivity index (χ1n) is 7.16. The van der Waals surface area contributed by atoms with Crippen molar-refractivity contribution in [2.75, 3.05) is 11.9 Å². The lowest BCUT2D eigenvalue weighted by Crippen LogP contribution is -2.45. The van der Waals surface area contributed by atoms with Crippen LogP contribution in [0, 0.1) is 0 Å². The van der Waals surface area contributed by atoms with Gasteiger partial charge >= 0.3 is 0 Å². The minimum Gasteiger partial charge on any atom is -0.385 e. The molecule has 5 nitrogen and oxygen atoms in total. The normalized spacial score (nSPS) is 15.2. The average Bonchev–Trinajstić information content (AvgIpc) is 3.24. The van der Waals surface area contributed by atoms with Crippen molar-refractivity contribution < 1.29 is 9.59 Å². The number of carbonyl (C=O) groups is 2. The molecule has 1 aromatic rings. The van der Waals surface area contributed by atoms with Gasteiger partial charge in [0.25, 0.3) is 5.91 Å². The molecule has 0 radical (unpaired) electrons. The van der Waals surface area contributed by atoms with Crippen LogP contribution in [0.1, 0.15) is 37.0 Å². The molecule has 0 aliphatic heterocycles. The van der Waals surface area contributed by atoms with E-state index in [2.05, 4.69) is 16.0 Å². The highest BCUT2D eigenvalue weighted by atomic mass is 35.5. The average molecular weight is 310 g/mol. The van der Waals surface area contributed by atoms with Gasteiger partial charge in [-0.3, -0.25) is 9.59 Å². The zero-order valence-electron chi connectivity index (χ0n) is 12.2. The summed E-state index contributed by atoms with van der Waals surface area (Å²) in [5, 5.41) is 9.16. The Balaban J connectivity index is 2.04. The number of carbonyl (C=O) groups excluding carboxylic acids is 2. The third-order valence-electron chi connectivity index (χ3n) is 3.26. The van der Waals surface area contributed by atoms with Crippen molar-refractivity contribution in [3.05, 3.63) is 28.8 Å². The molecule has 2 amide bonds. The Morgan fingerprint density at radius 3 is 2.71 bits per heavy atom. The minimum absolute atomic E-state index is 0.155. The number of halogens is 1. The molecular weight excluding hydrogens is 290 g/mol. The van der Waals surface area contributed by atoms with Crippen LogP contribution in [-0.2, 0) is 4.79 Å². The van der Waals surface area contributed by atoms with E-state index in [4.69, 9.17) is 11.6 Å². The van der Waals surface area contributed by atoms with E-state index in [0.717, 1.165) is 12.8 Å². The van der Waals surface area contributed by atoms with Crippen LogP contribution >= 0.6 is 11.6 Å². The first-order chi connectivity index (χ1) is 10.0. The van der Waals surface area contributed by atoms with E-state index in [-0.39, 0.29) is 17.9 Å². The summed E-state index contributed by atoms with van der Waals surface area (Å²) in [4.78, 5) is 24.2. The molecule has 0 saturated heterocycles. The van der Waals surface area contributed by atoms with Crippen LogP contribution in [0.3, 0.4) is 0 Å². The molecule has 1 aliphatic rings. The van der Waals surface area contributed by atoms with Crippen LogP contribution in [0.25, 0.3) is 0 Å². The summed E-state index contributed by atoms with van der Waals surface area (Å²) in [6.45, 7) is 4.31. The van der Waals surface area contributed by atoms with Crippen molar-refractivity contribution in [1.82, 2.24) is 10.6 Å². The molecule has 1 unspecified atom stereocenters. The maximum Gasteiger partial charge on any atom is 0.254 e. The molecule has 1 saturated carbocycles. The summed E-state index contributed by atoms with van der Waals surface area (Å²) in [5.74, 6) is -0.468. The topological polar surface area (TPSA) is 70.2 Å². The first kappa shape index (κ1) is 15.6. The molecule has 1 aromatic carbocycles. The smallest absolute Gasteiger partial charge is 0.254 e. The van der Waals surface area contributed by atoms with Gasteiger partial charge in [-0.15, -0.1) is 0 Å². The van der Waals surface area contributed by atoms with Gasteiger partial charge in [0.1, 0.15) is 6.04 Å². The second kappa shape index (κ2) is 6.80. The van der Waals surface area contributed by atoms with Gasteiger partial charge in [0.05, 0.1) is 5.56 Å². The molecule has 2 rings (SSSR count). The molecule has 1 fully saturated rings. The second-order valence-corrected chi connectivity index (χ2v) is 5.63. The van der Waals surface area contributed by atoms with Crippen molar-refractivity contribution in [1.29, 1.82) is 0 Å². The zero-order valence-corrected chi connectivity index (χ0v) is 13.0. The number of rotatable bonds is 6. The largest absolute Gasteiger partial charge is 0.385 e. The van der Waals surface area contributed by atoms with Crippen LogP contribution in [0.2, 0.25) is 5.02 Å². The van der Waals surface area contributed by atoms with E-state index in [1.54, 1.807) is 25.1 Å². The predicted molar refractivity (Wildman–Crippen MR) is 83.7 cm³/mol. The molecule has 6 heteroatoms. The lowest BCUT2D eigenvalue weighted by molar-refractivity contribution is -0.122. The lowest BCUT2D eigenvalue weighted by Gasteiger charge is -2.16. The Bertz CT molecular complexity index is 544. The van der Waals surface area contributed by atoms with Crippen molar-refractivity contribution >= 4 is 29.1 Å². The monoisotopic (exact) mass is 309 g/mol. The van der Waals surface area contributed by atoms with Gasteiger partial charge in [0.15, 0.2) is 0 Å². The highest BCUT2D eigenvalue weighted by molar-refractivity contribution is 6.31. The van der Waals surface area contributed by atoms with Gasteiger partial charge in [-0.25, -0.2) is 0 Å². The maximum absolute atomic E-state index is 12.3. The van der Waals surface area contributed by atoms with Crippen LogP contribution in [-0.4, -0.2) is 30.4 Å². The van der Waals surface area contributed by atoms with E-state index < -0.39 is 6.04 Å². The molecule has 0 aromatic heterocycles. The van der Waals surface area contributed by atoms with E-state index in [1.807, 2.05) is 6.92 Å². The number of anilines is 1. The number of nitrogens with one attached hydrogen (secondary N) is 3. The molecular formula is C15H20ClN3O2. The van der Waals surface area contributed by atoms with Gasteiger partial charge in [-0.05, 0) is 44.9 Å².